The minimum atomic E-state index is -4.97. The number of carbonyl (C=O) groups is 4. The highest BCUT2D eigenvalue weighted by molar-refractivity contribution is 7.47. The number of phosphoric ester groups is 2. The van der Waals surface area contributed by atoms with E-state index in [-0.39, 0.29) is 25.7 Å². The number of carbonyl (C=O) groups excluding carboxylic acids is 4. The monoisotopic (exact) mass is 1410 g/mol. The van der Waals surface area contributed by atoms with Gasteiger partial charge in [-0.2, -0.15) is 0 Å². The molecule has 566 valence electrons. The molecule has 0 heterocycles. The van der Waals surface area contributed by atoms with E-state index in [4.69, 9.17) is 37.0 Å². The van der Waals surface area contributed by atoms with Gasteiger partial charge >= 0.3 is 39.5 Å². The second kappa shape index (κ2) is 67.1. The van der Waals surface area contributed by atoms with Crippen LogP contribution in [0, 0.1) is 17.8 Å². The van der Waals surface area contributed by atoms with Gasteiger partial charge in [-0.25, -0.2) is 9.13 Å². The van der Waals surface area contributed by atoms with Crippen molar-refractivity contribution in [3.05, 3.63) is 24.3 Å². The van der Waals surface area contributed by atoms with Gasteiger partial charge in [0, 0.05) is 25.7 Å². The smallest absolute Gasteiger partial charge is 0.462 e. The minimum absolute atomic E-state index is 0.0847. The summed E-state index contributed by atoms with van der Waals surface area (Å²) < 4.78 is 68.5. The lowest BCUT2D eigenvalue weighted by atomic mass is 9.99. The third-order valence-corrected chi connectivity index (χ3v) is 19.5. The lowest BCUT2D eigenvalue weighted by Crippen LogP contribution is -2.30. The van der Waals surface area contributed by atoms with Crippen LogP contribution in [-0.4, -0.2) is 96.7 Å². The van der Waals surface area contributed by atoms with Crippen molar-refractivity contribution in [1.29, 1.82) is 0 Å². The van der Waals surface area contributed by atoms with Gasteiger partial charge in [0.05, 0.1) is 26.4 Å². The molecule has 96 heavy (non-hydrogen) atoms. The Labute approximate surface area is 586 Å². The van der Waals surface area contributed by atoms with Gasteiger partial charge in [-0.1, -0.05) is 317 Å². The highest BCUT2D eigenvalue weighted by Gasteiger charge is 2.30. The first-order valence-electron chi connectivity index (χ1n) is 39.2. The zero-order valence-corrected chi connectivity index (χ0v) is 64.1. The lowest BCUT2D eigenvalue weighted by Gasteiger charge is -2.21. The molecule has 0 rings (SSSR count). The molecular formula is C77H146O17P2. The quantitative estimate of drug-likeness (QED) is 0.0169. The van der Waals surface area contributed by atoms with Gasteiger partial charge in [0.1, 0.15) is 19.3 Å². The maximum atomic E-state index is 13.1. The Morgan fingerprint density at radius 2 is 0.615 bits per heavy atom. The zero-order chi connectivity index (χ0) is 70.9. The Morgan fingerprint density at radius 3 is 0.927 bits per heavy atom. The highest BCUT2D eigenvalue weighted by Crippen LogP contribution is 2.45. The Morgan fingerprint density at radius 1 is 0.344 bits per heavy atom. The molecule has 0 aliphatic heterocycles. The number of hydrogen-bond donors (Lipinski definition) is 3. The number of hydrogen-bond acceptors (Lipinski definition) is 15. The maximum absolute atomic E-state index is 13.1. The van der Waals surface area contributed by atoms with Crippen molar-refractivity contribution in [3.63, 3.8) is 0 Å². The van der Waals surface area contributed by atoms with E-state index in [0.717, 1.165) is 120 Å². The van der Waals surface area contributed by atoms with Gasteiger partial charge in [0.25, 0.3) is 0 Å². The average molecular weight is 1410 g/mol. The van der Waals surface area contributed by atoms with Crippen molar-refractivity contribution >= 4 is 39.5 Å². The maximum Gasteiger partial charge on any atom is 0.472 e. The number of unbranched alkanes of at least 4 members (excludes halogenated alkanes) is 37. The van der Waals surface area contributed by atoms with Crippen molar-refractivity contribution in [2.45, 2.75) is 388 Å². The number of rotatable bonds is 73. The van der Waals surface area contributed by atoms with Gasteiger partial charge in [-0.05, 0) is 69.1 Å². The van der Waals surface area contributed by atoms with Crippen LogP contribution in [0.1, 0.15) is 370 Å². The van der Waals surface area contributed by atoms with E-state index < -0.39 is 97.5 Å². The van der Waals surface area contributed by atoms with Crippen LogP contribution in [0.2, 0.25) is 0 Å². The molecule has 0 amide bonds. The third-order valence-electron chi connectivity index (χ3n) is 17.6. The van der Waals surface area contributed by atoms with Crippen LogP contribution in [0.4, 0.5) is 0 Å². The second-order valence-corrected chi connectivity index (χ2v) is 31.2. The molecule has 0 bridgehead atoms. The summed E-state index contributed by atoms with van der Waals surface area (Å²) in [6.07, 6.45) is 56.1. The Hall–Kier alpha value is -2.46. The topological polar surface area (TPSA) is 237 Å². The zero-order valence-electron chi connectivity index (χ0n) is 62.3. The van der Waals surface area contributed by atoms with E-state index >= 15 is 0 Å². The van der Waals surface area contributed by atoms with E-state index in [1.54, 1.807) is 0 Å². The summed E-state index contributed by atoms with van der Waals surface area (Å²) in [6, 6.07) is 0. The van der Waals surface area contributed by atoms with Gasteiger partial charge < -0.3 is 33.8 Å². The fourth-order valence-electron chi connectivity index (χ4n) is 11.2. The third kappa shape index (κ3) is 68.7. The molecule has 0 saturated heterocycles. The first kappa shape index (κ1) is 93.5. The van der Waals surface area contributed by atoms with Crippen LogP contribution in [0.3, 0.4) is 0 Å². The summed E-state index contributed by atoms with van der Waals surface area (Å²) in [5, 5.41) is 10.6. The number of phosphoric acid groups is 2. The van der Waals surface area contributed by atoms with E-state index in [2.05, 4.69) is 72.8 Å². The Kier molecular flexibility index (Phi) is 65.3. The number of aliphatic hydroxyl groups is 1. The Balaban J connectivity index is 5.31. The predicted molar refractivity (Wildman–Crippen MR) is 390 cm³/mol. The summed E-state index contributed by atoms with van der Waals surface area (Å²) in [5.41, 5.74) is 0. The van der Waals surface area contributed by atoms with Crippen molar-refractivity contribution in [2.24, 2.45) is 17.8 Å². The highest BCUT2D eigenvalue weighted by atomic mass is 31.2. The van der Waals surface area contributed by atoms with Crippen LogP contribution < -0.4 is 0 Å². The van der Waals surface area contributed by atoms with E-state index in [9.17, 15) is 43.2 Å². The molecule has 0 aromatic carbocycles. The van der Waals surface area contributed by atoms with E-state index in [1.165, 1.54) is 167 Å². The lowest BCUT2D eigenvalue weighted by molar-refractivity contribution is -0.161. The number of ether oxygens (including phenoxy) is 4. The molecule has 0 aliphatic rings. The fraction of sp³-hybridized carbons (Fsp3) is 0.896. The Bertz CT molecular complexity index is 1970. The fourth-order valence-corrected chi connectivity index (χ4v) is 12.8. The summed E-state index contributed by atoms with van der Waals surface area (Å²) in [4.78, 5) is 72.9. The van der Waals surface area contributed by atoms with Crippen molar-refractivity contribution in [3.8, 4) is 0 Å². The predicted octanol–water partition coefficient (Wildman–Crippen LogP) is 22.1. The largest absolute Gasteiger partial charge is 0.472 e. The van der Waals surface area contributed by atoms with Crippen LogP contribution >= 0.6 is 15.6 Å². The normalized spacial score (nSPS) is 14.5. The van der Waals surface area contributed by atoms with Gasteiger partial charge in [0.15, 0.2) is 12.2 Å². The molecule has 0 spiro atoms. The molecular weight excluding hydrogens is 1260 g/mol. The number of allylic oxidation sites excluding steroid dienone is 4. The van der Waals surface area contributed by atoms with Crippen molar-refractivity contribution < 1.29 is 80.2 Å². The molecule has 0 radical (unpaired) electrons. The second-order valence-electron chi connectivity index (χ2n) is 28.3. The molecule has 19 heteroatoms. The van der Waals surface area contributed by atoms with Gasteiger partial charge in [-0.15, -0.1) is 0 Å². The molecule has 17 nitrogen and oxygen atoms in total. The molecule has 3 unspecified atom stereocenters. The molecule has 0 saturated carbocycles. The molecule has 6 atom stereocenters. The minimum Gasteiger partial charge on any atom is -0.462 e. The van der Waals surface area contributed by atoms with Crippen LogP contribution in [-0.2, 0) is 65.4 Å². The molecule has 0 aromatic rings. The van der Waals surface area contributed by atoms with Crippen LogP contribution in [0.15, 0.2) is 24.3 Å². The molecule has 0 aromatic heterocycles. The van der Waals surface area contributed by atoms with Crippen molar-refractivity contribution in [2.75, 3.05) is 39.6 Å². The molecule has 3 N–H and O–H groups in total. The molecule has 0 aliphatic carbocycles. The summed E-state index contributed by atoms with van der Waals surface area (Å²) in [6.45, 7) is 11.9. The first-order valence-corrected chi connectivity index (χ1v) is 42.2. The van der Waals surface area contributed by atoms with Gasteiger partial charge in [0.2, 0.25) is 0 Å². The SMILES string of the molecule is CCCCCC/C=C\C=C/CCCCCCCC(=O)O[C@H](COC(=O)CCCCCCCCCCCCCCC(C)C)COP(=O)(O)OC[C@@H](O)COP(=O)(O)OC[C@@H](COC(=O)CCCCCCCCCCC(C)CC)OC(=O)CCCCCCCCCCCCCC(C)C. The van der Waals surface area contributed by atoms with Crippen molar-refractivity contribution in [1.82, 2.24) is 0 Å². The summed E-state index contributed by atoms with van der Waals surface area (Å²) in [7, 11) is -9.93. The number of esters is 4. The van der Waals surface area contributed by atoms with Gasteiger partial charge in [-0.3, -0.25) is 37.3 Å². The number of aliphatic hydroxyl groups excluding tert-OH is 1. The van der Waals surface area contributed by atoms with E-state index in [1.807, 2.05) is 0 Å². The summed E-state index contributed by atoms with van der Waals surface area (Å²) in [5.74, 6) is 0.173. The van der Waals surface area contributed by atoms with Crippen LogP contribution in [0.5, 0.6) is 0 Å². The molecule has 0 fully saturated rings. The average Bonchev–Trinajstić information content (AvgIpc) is 2.58. The summed E-state index contributed by atoms with van der Waals surface area (Å²) >= 11 is 0. The first-order chi connectivity index (χ1) is 46.3. The van der Waals surface area contributed by atoms with E-state index in [0.29, 0.717) is 25.7 Å². The van der Waals surface area contributed by atoms with Crippen LogP contribution in [0.25, 0.3) is 0 Å². The standard InChI is InChI=1S/C77H146O17P2/c1-8-10-11-12-13-14-15-16-17-18-25-30-39-46-53-60-76(81)93-72(64-87-74(79)58-51-44-37-29-24-20-19-22-27-34-41-48-55-68(3)4)66-91-95(83,84)89-62-71(78)63-90-96(85,86)92-67-73(65-88-75(80)59-52-45-38-33-32-36-43-50-57-70(7)9-2)94-77(82)61-54-47-40-31-26-21-23-28-35-42-49-56-69(5)6/h14-17,68-73,78H,8-13,18-67H2,1-7H3,(H,83,84)(H,85,86)/b15-14-,17-16-/t70?,71-,72-,73-/m1/s1.